The number of carbonyl (C=O) groups excluding carboxylic acids is 1. The van der Waals surface area contributed by atoms with Gasteiger partial charge in [0.1, 0.15) is 23.6 Å². The van der Waals surface area contributed by atoms with Crippen molar-refractivity contribution in [3.63, 3.8) is 0 Å². The van der Waals surface area contributed by atoms with Crippen molar-refractivity contribution in [3.05, 3.63) is 66.1 Å². The van der Waals surface area contributed by atoms with Crippen molar-refractivity contribution >= 4 is 11.7 Å². The predicted octanol–water partition coefficient (Wildman–Crippen LogP) is 4.14. The van der Waals surface area contributed by atoms with Crippen molar-refractivity contribution in [2.45, 2.75) is 32.3 Å². The monoisotopic (exact) mass is 377 g/mol. The molecule has 6 nitrogen and oxygen atoms in total. The molecule has 0 unspecified atom stereocenters. The molecule has 2 heterocycles. The molecule has 0 spiro atoms. The van der Waals surface area contributed by atoms with Gasteiger partial charge in [0.05, 0.1) is 18.9 Å². The fourth-order valence-electron chi connectivity index (χ4n) is 3.53. The SMILES string of the molecule is COc1ccc(-n2cnc3c2NC(=O)C[C@H]3c2ccccc2OC(C)C)cc1. The van der Waals surface area contributed by atoms with E-state index >= 15 is 0 Å². The Morgan fingerprint density at radius 2 is 1.89 bits per heavy atom. The summed E-state index contributed by atoms with van der Waals surface area (Å²) >= 11 is 0. The van der Waals surface area contributed by atoms with Gasteiger partial charge in [0.15, 0.2) is 0 Å². The van der Waals surface area contributed by atoms with Crippen LogP contribution in [0.15, 0.2) is 54.9 Å². The Bertz CT molecular complexity index is 993. The number of methoxy groups -OCH3 is 1. The lowest BCUT2D eigenvalue weighted by Gasteiger charge is -2.25. The maximum Gasteiger partial charge on any atom is 0.226 e. The van der Waals surface area contributed by atoms with Gasteiger partial charge in [0.25, 0.3) is 0 Å². The highest BCUT2D eigenvalue weighted by molar-refractivity contribution is 5.94. The lowest BCUT2D eigenvalue weighted by molar-refractivity contribution is -0.116. The maximum absolute atomic E-state index is 12.5. The lowest BCUT2D eigenvalue weighted by atomic mass is 9.89. The number of benzene rings is 2. The van der Waals surface area contributed by atoms with Crippen LogP contribution in [0.1, 0.15) is 37.4 Å². The quantitative estimate of drug-likeness (QED) is 0.726. The third-order valence-electron chi connectivity index (χ3n) is 4.78. The van der Waals surface area contributed by atoms with Gasteiger partial charge in [-0.05, 0) is 44.2 Å². The van der Waals surface area contributed by atoms with E-state index in [1.54, 1.807) is 13.4 Å². The number of ether oxygens (including phenoxy) is 2. The van der Waals surface area contributed by atoms with Crippen LogP contribution in [-0.4, -0.2) is 28.7 Å². The van der Waals surface area contributed by atoms with Crippen molar-refractivity contribution in [3.8, 4) is 17.2 Å². The van der Waals surface area contributed by atoms with Crippen molar-refractivity contribution in [1.82, 2.24) is 9.55 Å². The smallest absolute Gasteiger partial charge is 0.226 e. The minimum Gasteiger partial charge on any atom is -0.497 e. The molecule has 3 aromatic rings. The van der Waals surface area contributed by atoms with Gasteiger partial charge in [-0.15, -0.1) is 0 Å². The number of aromatic nitrogens is 2. The molecule has 0 aliphatic carbocycles. The number of nitrogens with zero attached hydrogens (tertiary/aromatic N) is 2. The standard InChI is InChI=1S/C22H23N3O3/c1-14(2)28-19-7-5-4-6-17(19)18-12-20(26)24-22-21(18)23-13-25(22)15-8-10-16(27-3)11-9-15/h4-11,13-14,18H,12H2,1-3H3,(H,24,26)/t18-/m0/s1. The highest BCUT2D eigenvalue weighted by atomic mass is 16.5. The number of rotatable bonds is 5. The third kappa shape index (κ3) is 3.33. The summed E-state index contributed by atoms with van der Waals surface area (Å²) in [7, 11) is 1.63. The number of anilines is 1. The molecule has 1 atom stereocenters. The second-order valence-corrected chi connectivity index (χ2v) is 7.06. The zero-order chi connectivity index (χ0) is 19.7. The predicted molar refractivity (Wildman–Crippen MR) is 107 cm³/mol. The number of fused-ring (bicyclic) bond motifs is 1. The molecule has 28 heavy (non-hydrogen) atoms. The third-order valence-corrected chi connectivity index (χ3v) is 4.78. The molecular formula is C22H23N3O3. The number of hydrogen-bond acceptors (Lipinski definition) is 4. The van der Waals surface area contributed by atoms with E-state index in [-0.39, 0.29) is 17.9 Å². The highest BCUT2D eigenvalue weighted by Gasteiger charge is 2.32. The van der Waals surface area contributed by atoms with Crippen molar-refractivity contribution in [1.29, 1.82) is 0 Å². The van der Waals surface area contributed by atoms with E-state index in [2.05, 4.69) is 10.3 Å². The Morgan fingerprint density at radius 1 is 1.14 bits per heavy atom. The molecule has 1 aliphatic heterocycles. The maximum atomic E-state index is 12.5. The molecule has 0 fully saturated rings. The van der Waals surface area contributed by atoms with Crippen molar-refractivity contribution in [2.24, 2.45) is 0 Å². The molecule has 0 saturated heterocycles. The Labute approximate surface area is 164 Å². The number of amides is 1. The summed E-state index contributed by atoms with van der Waals surface area (Å²) in [5.74, 6) is 2.08. The number of hydrogen-bond donors (Lipinski definition) is 1. The molecule has 144 valence electrons. The average Bonchev–Trinajstić information content (AvgIpc) is 3.11. The minimum absolute atomic E-state index is 0.0351. The highest BCUT2D eigenvalue weighted by Crippen LogP contribution is 2.41. The lowest BCUT2D eigenvalue weighted by Crippen LogP contribution is -2.25. The van der Waals surface area contributed by atoms with E-state index in [4.69, 9.17) is 9.47 Å². The first kappa shape index (κ1) is 18.1. The van der Waals surface area contributed by atoms with Gasteiger partial charge in [-0.25, -0.2) is 4.98 Å². The van der Waals surface area contributed by atoms with Crippen LogP contribution in [0.5, 0.6) is 11.5 Å². The van der Waals surface area contributed by atoms with Crippen molar-refractivity contribution in [2.75, 3.05) is 12.4 Å². The van der Waals surface area contributed by atoms with Gasteiger partial charge in [-0.3, -0.25) is 9.36 Å². The van der Waals surface area contributed by atoms with Gasteiger partial charge < -0.3 is 14.8 Å². The zero-order valence-corrected chi connectivity index (χ0v) is 16.2. The van der Waals surface area contributed by atoms with Crippen LogP contribution in [0.2, 0.25) is 0 Å². The van der Waals surface area contributed by atoms with Crippen LogP contribution in [0, 0.1) is 0 Å². The molecule has 1 aliphatic rings. The molecule has 0 saturated carbocycles. The normalized spacial score (nSPS) is 15.9. The molecular weight excluding hydrogens is 354 g/mol. The molecule has 0 radical (unpaired) electrons. The van der Waals surface area contributed by atoms with Crippen LogP contribution in [-0.2, 0) is 4.79 Å². The summed E-state index contributed by atoms with van der Waals surface area (Å²) in [4.78, 5) is 17.2. The van der Waals surface area contributed by atoms with Gasteiger partial charge in [0.2, 0.25) is 5.91 Å². The fourth-order valence-corrected chi connectivity index (χ4v) is 3.53. The number of carbonyl (C=O) groups is 1. The number of imidazole rings is 1. The molecule has 0 bridgehead atoms. The van der Waals surface area contributed by atoms with E-state index in [0.717, 1.165) is 28.4 Å². The Morgan fingerprint density at radius 3 is 2.61 bits per heavy atom. The van der Waals surface area contributed by atoms with E-state index in [0.29, 0.717) is 12.2 Å². The first-order chi connectivity index (χ1) is 13.6. The summed E-state index contributed by atoms with van der Waals surface area (Å²) in [5, 5.41) is 2.99. The second-order valence-electron chi connectivity index (χ2n) is 7.06. The first-order valence-electron chi connectivity index (χ1n) is 9.34. The first-order valence-corrected chi connectivity index (χ1v) is 9.34. The minimum atomic E-state index is -0.154. The van der Waals surface area contributed by atoms with Gasteiger partial charge in [-0.1, -0.05) is 18.2 Å². The fraction of sp³-hybridized carbons (Fsp3) is 0.273. The molecule has 6 heteroatoms. The second kappa shape index (κ2) is 7.38. The largest absolute Gasteiger partial charge is 0.497 e. The molecule has 1 N–H and O–H groups in total. The van der Waals surface area contributed by atoms with Crippen LogP contribution < -0.4 is 14.8 Å². The average molecular weight is 377 g/mol. The van der Waals surface area contributed by atoms with Crippen LogP contribution in [0.3, 0.4) is 0 Å². The molecule has 4 rings (SSSR count). The number of para-hydroxylation sites is 1. The van der Waals surface area contributed by atoms with Gasteiger partial charge >= 0.3 is 0 Å². The van der Waals surface area contributed by atoms with E-state index in [1.807, 2.05) is 66.9 Å². The summed E-state index contributed by atoms with van der Waals surface area (Å²) in [5.41, 5.74) is 2.73. The van der Waals surface area contributed by atoms with E-state index < -0.39 is 0 Å². The number of nitrogens with one attached hydrogen (secondary N) is 1. The Kier molecular flexibility index (Phi) is 4.77. The van der Waals surface area contributed by atoms with Crippen LogP contribution in [0.25, 0.3) is 5.69 Å². The summed E-state index contributed by atoms with van der Waals surface area (Å²) in [6, 6.07) is 15.5. The summed E-state index contributed by atoms with van der Waals surface area (Å²) in [6.45, 7) is 3.99. The van der Waals surface area contributed by atoms with Crippen molar-refractivity contribution < 1.29 is 14.3 Å². The Hall–Kier alpha value is -3.28. The van der Waals surface area contributed by atoms with Gasteiger partial charge in [-0.2, -0.15) is 0 Å². The molecule has 2 aromatic carbocycles. The molecule has 1 aromatic heterocycles. The Balaban J connectivity index is 1.77. The summed E-state index contributed by atoms with van der Waals surface area (Å²) < 4.78 is 13.1. The molecule has 1 amide bonds. The van der Waals surface area contributed by atoms with E-state index in [1.165, 1.54) is 0 Å². The zero-order valence-electron chi connectivity index (χ0n) is 16.2. The van der Waals surface area contributed by atoms with E-state index in [9.17, 15) is 4.79 Å². The topological polar surface area (TPSA) is 65.4 Å². The van der Waals surface area contributed by atoms with Crippen LogP contribution in [0.4, 0.5) is 5.82 Å². The summed E-state index contributed by atoms with van der Waals surface area (Å²) in [6.07, 6.45) is 2.14. The van der Waals surface area contributed by atoms with Crippen LogP contribution >= 0.6 is 0 Å². The van der Waals surface area contributed by atoms with Gasteiger partial charge in [0, 0.05) is 23.6 Å².